The fourth-order valence-electron chi connectivity index (χ4n) is 1.03. The van der Waals surface area contributed by atoms with Crippen LogP contribution in [0.3, 0.4) is 0 Å². The molecule has 0 saturated heterocycles. The minimum Gasteiger partial charge on any atom is -0.397 e. The van der Waals surface area contributed by atoms with Gasteiger partial charge in [0.2, 0.25) is 0 Å². The zero-order chi connectivity index (χ0) is 9.84. The summed E-state index contributed by atoms with van der Waals surface area (Å²) in [5.74, 6) is 0.617. The van der Waals surface area contributed by atoms with Crippen LogP contribution in [0.5, 0.6) is 0 Å². The van der Waals surface area contributed by atoms with Crippen molar-refractivity contribution in [1.29, 1.82) is 0 Å². The number of nitrogens with two attached hydrogens (primary N) is 1. The first-order valence-corrected chi connectivity index (χ1v) is 5.18. The molecule has 0 atom stereocenters. The molecule has 2 nitrogen and oxygen atoms in total. The van der Waals surface area contributed by atoms with E-state index in [4.69, 9.17) is 5.73 Å². The summed E-state index contributed by atoms with van der Waals surface area (Å²) in [6.45, 7) is 5.27. The minimum absolute atomic E-state index is 0.617. The molecule has 0 aliphatic heterocycles. The number of halogens is 1. The molecule has 3 N–H and O–H groups in total. The number of nitrogens with one attached hydrogen (secondary N) is 1. The Morgan fingerprint density at radius 3 is 2.69 bits per heavy atom. The highest BCUT2D eigenvalue weighted by Crippen LogP contribution is 2.28. The van der Waals surface area contributed by atoms with Crippen LogP contribution in [-0.2, 0) is 0 Å². The van der Waals surface area contributed by atoms with Crippen molar-refractivity contribution >= 4 is 27.3 Å². The van der Waals surface area contributed by atoms with E-state index in [2.05, 4.69) is 35.1 Å². The summed E-state index contributed by atoms with van der Waals surface area (Å²) in [4.78, 5) is 0. The Bertz CT molecular complexity index is 264. The van der Waals surface area contributed by atoms with Gasteiger partial charge in [-0.2, -0.15) is 0 Å². The summed E-state index contributed by atoms with van der Waals surface area (Å²) in [7, 11) is 0. The van der Waals surface area contributed by atoms with Crippen LogP contribution in [0.1, 0.15) is 13.8 Å². The zero-order valence-electron chi connectivity index (χ0n) is 7.97. The Kier molecular flexibility index (Phi) is 3.60. The van der Waals surface area contributed by atoms with Gasteiger partial charge >= 0.3 is 0 Å². The van der Waals surface area contributed by atoms with Crippen LogP contribution in [0.4, 0.5) is 11.4 Å². The molecular formula is C10H15BrN2. The highest BCUT2D eigenvalue weighted by molar-refractivity contribution is 9.10. The largest absolute Gasteiger partial charge is 0.397 e. The molecule has 0 spiro atoms. The molecule has 0 bridgehead atoms. The van der Waals surface area contributed by atoms with E-state index in [0.29, 0.717) is 5.92 Å². The topological polar surface area (TPSA) is 38.0 Å². The predicted molar refractivity (Wildman–Crippen MR) is 61.9 cm³/mol. The molecule has 3 heteroatoms. The van der Waals surface area contributed by atoms with Crippen molar-refractivity contribution in [2.24, 2.45) is 5.92 Å². The first-order valence-electron chi connectivity index (χ1n) is 4.39. The summed E-state index contributed by atoms with van der Waals surface area (Å²) in [6.07, 6.45) is 0. The lowest BCUT2D eigenvalue weighted by molar-refractivity contribution is 0.689. The summed E-state index contributed by atoms with van der Waals surface area (Å²) < 4.78 is 1.02. The Labute approximate surface area is 87.6 Å². The Hall–Kier alpha value is -0.700. The standard InChI is InChI=1S/C10H15BrN2/c1-7(2)6-13-10-8(11)4-3-5-9(10)12/h3-5,7,13H,6,12H2,1-2H3. The van der Waals surface area contributed by atoms with Gasteiger partial charge < -0.3 is 11.1 Å². The van der Waals surface area contributed by atoms with E-state index in [0.717, 1.165) is 22.4 Å². The summed E-state index contributed by atoms with van der Waals surface area (Å²) in [6, 6.07) is 5.81. The first kappa shape index (κ1) is 10.4. The second-order valence-electron chi connectivity index (χ2n) is 3.48. The fourth-order valence-corrected chi connectivity index (χ4v) is 1.56. The summed E-state index contributed by atoms with van der Waals surface area (Å²) in [5, 5.41) is 3.31. The second kappa shape index (κ2) is 4.51. The molecule has 13 heavy (non-hydrogen) atoms. The van der Waals surface area contributed by atoms with Gasteiger partial charge in [-0.15, -0.1) is 0 Å². The van der Waals surface area contributed by atoms with Crippen molar-refractivity contribution < 1.29 is 0 Å². The number of nitrogen functional groups attached to an aromatic ring is 1. The van der Waals surface area contributed by atoms with Gasteiger partial charge in [0.05, 0.1) is 11.4 Å². The molecule has 1 aromatic carbocycles. The van der Waals surface area contributed by atoms with Crippen molar-refractivity contribution in [2.45, 2.75) is 13.8 Å². The van der Waals surface area contributed by atoms with E-state index in [1.54, 1.807) is 0 Å². The predicted octanol–water partition coefficient (Wildman–Crippen LogP) is 3.10. The lowest BCUT2D eigenvalue weighted by Crippen LogP contribution is -2.09. The van der Waals surface area contributed by atoms with E-state index in [9.17, 15) is 0 Å². The quantitative estimate of drug-likeness (QED) is 0.800. The molecule has 1 rings (SSSR count). The molecule has 0 saturated carbocycles. The van der Waals surface area contributed by atoms with Crippen molar-refractivity contribution in [3.8, 4) is 0 Å². The second-order valence-corrected chi connectivity index (χ2v) is 4.33. The van der Waals surface area contributed by atoms with Crippen molar-refractivity contribution in [3.63, 3.8) is 0 Å². The van der Waals surface area contributed by atoms with Crippen LogP contribution in [-0.4, -0.2) is 6.54 Å². The van der Waals surface area contributed by atoms with Crippen molar-refractivity contribution in [1.82, 2.24) is 0 Å². The third kappa shape index (κ3) is 2.92. The highest BCUT2D eigenvalue weighted by Gasteiger charge is 2.03. The highest BCUT2D eigenvalue weighted by atomic mass is 79.9. The van der Waals surface area contributed by atoms with Crippen LogP contribution >= 0.6 is 15.9 Å². The minimum atomic E-state index is 0.617. The normalized spacial score (nSPS) is 10.5. The van der Waals surface area contributed by atoms with E-state index in [1.807, 2.05) is 18.2 Å². The molecule has 72 valence electrons. The summed E-state index contributed by atoms with van der Waals surface area (Å²) >= 11 is 3.45. The van der Waals surface area contributed by atoms with Gasteiger partial charge in [0.25, 0.3) is 0 Å². The molecule has 0 aromatic heterocycles. The maximum atomic E-state index is 5.82. The number of benzene rings is 1. The van der Waals surface area contributed by atoms with Gasteiger partial charge in [-0.3, -0.25) is 0 Å². The molecule has 0 unspecified atom stereocenters. The third-order valence-corrected chi connectivity index (χ3v) is 2.39. The van der Waals surface area contributed by atoms with E-state index in [-0.39, 0.29) is 0 Å². The number of hydrogen-bond donors (Lipinski definition) is 2. The van der Waals surface area contributed by atoms with Crippen LogP contribution in [0.2, 0.25) is 0 Å². The van der Waals surface area contributed by atoms with Crippen LogP contribution < -0.4 is 11.1 Å². The third-order valence-electron chi connectivity index (χ3n) is 1.73. The summed E-state index contributed by atoms with van der Waals surface area (Å²) in [5.41, 5.74) is 7.60. The van der Waals surface area contributed by atoms with Crippen LogP contribution in [0, 0.1) is 5.92 Å². The number of para-hydroxylation sites is 1. The lowest BCUT2D eigenvalue weighted by Gasteiger charge is -2.12. The Morgan fingerprint density at radius 2 is 2.15 bits per heavy atom. The Morgan fingerprint density at radius 1 is 1.46 bits per heavy atom. The molecule has 0 aliphatic carbocycles. The molecule has 0 fully saturated rings. The number of anilines is 2. The molecule has 1 aromatic rings. The van der Waals surface area contributed by atoms with Crippen molar-refractivity contribution in [2.75, 3.05) is 17.6 Å². The molecule has 0 radical (unpaired) electrons. The van der Waals surface area contributed by atoms with Gasteiger partial charge in [0, 0.05) is 11.0 Å². The van der Waals surface area contributed by atoms with E-state index >= 15 is 0 Å². The monoisotopic (exact) mass is 242 g/mol. The zero-order valence-corrected chi connectivity index (χ0v) is 9.56. The maximum Gasteiger partial charge on any atom is 0.0718 e. The van der Waals surface area contributed by atoms with Gasteiger partial charge in [-0.1, -0.05) is 19.9 Å². The van der Waals surface area contributed by atoms with E-state index < -0.39 is 0 Å². The van der Waals surface area contributed by atoms with Crippen LogP contribution in [0.15, 0.2) is 22.7 Å². The molecule has 0 heterocycles. The first-order chi connectivity index (χ1) is 6.11. The Balaban J connectivity index is 2.75. The van der Waals surface area contributed by atoms with Gasteiger partial charge in [0.1, 0.15) is 0 Å². The number of rotatable bonds is 3. The van der Waals surface area contributed by atoms with Crippen LogP contribution in [0.25, 0.3) is 0 Å². The lowest BCUT2D eigenvalue weighted by atomic mass is 10.2. The average Bonchev–Trinajstić information content (AvgIpc) is 2.03. The van der Waals surface area contributed by atoms with Gasteiger partial charge in [-0.05, 0) is 34.0 Å². The average molecular weight is 243 g/mol. The molecule has 0 amide bonds. The van der Waals surface area contributed by atoms with E-state index in [1.165, 1.54) is 0 Å². The number of hydrogen-bond acceptors (Lipinski definition) is 2. The van der Waals surface area contributed by atoms with Gasteiger partial charge in [-0.25, -0.2) is 0 Å². The molecule has 0 aliphatic rings. The van der Waals surface area contributed by atoms with Gasteiger partial charge in [0.15, 0.2) is 0 Å². The molecular weight excluding hydrogens is 228 g/mol. The smallest absolute Gasteiger partial charge is 0.0718 e. The van der Waals surface area contributed by atoms with Crippen molar-refractivity contribution in [3.05, 3.63) is 22.7 Å². The maximum absolute atomic E-state index is 5.82. The fraction of sp³-hybridized carbons (Fsp3) is 0.400. The SMILES string of the molecule is CC(C)CNc1c(N)cccc1Br.